The molecule has 9 nitrogen and oxygen atoms in total. The largest absolute Gasteiger partial charge is 0.398 e. The number of fused-ring (bicyclic) bond motifs is 2. The number of imidazole rings is 2. The molecule has 0 spiro atoms. The van der Waals surface area contributed by atoms with Gasteiger partial charge >= 0.3 is 0 Å². The molecule has 138 valence electrons. The van der Waals surface area contributed by atoms with Gasteiger partial charge in [0.1, 0.15) is 12.1 Å². The van der Waals surface area contributed by atoms with E-state index in [2.05, 4.69) is 37.4 Å². The third-order valence-corrected chi connectivity index (χ3v) is 4.41. The predicted octanol–water partition coefficient (Wildman–Crippen LogP) is 2.64. The molecule has 5 N–H and O–H groups in total. The maximum absolute atomic E-state index is 10.4. The molecule has 28 heavy (non-hydrogen) atoms. The topological polar surface area (TPSA) is 160 Å². The summed E-state index contributed by atoms with van der Waals surface area (Å²) in [6.07, 6.45) is 3.68. The van der Waals surface area contributed by atoms with E-state index in [9.17, 15) is 4.79 Å². The monoisotopic (exact) mass is 372 g/mol. The summed E-state index contributed by atoms with van der Waals surface area (Å²) in [5, 5.41) is 20.3. The Labute approximate surface area is 159 Å². The van der Waals surface area contributed by atoms with Crippen LogP contribution in [0.15, 0.2) is 24.8 Å². The maximum atomic E-state index is 10.4. The molecule has 0 saturated heterocycles. The van der Waals surface area contributed by atoms with Gasteiger partial charge in [0.05, 0.1) is 45.8 Å². The van der Waals surface area contributed by atoms with Gasteiger partial charge in [0.25, 0.3) is 0 Å². The molecule has 0 aliphatic rings. The lowest BCUT2D eigenvalue weighted by molar-refractivity contribution is -0.105. The van der Waals surface area contributed by atoms with E-state index < -0.39 is 0 Å². The zero-order chi connectivity index (χ0) is 20.3. The quantitative estimate of drug-likeness (QED) is 0.312. The zero-order valence-corrected chi connectivity index (χ0v) is 15.2. The number of aryl methyl sites for hydroxylation is 2. The average Bonchev–Trinajstić information content (AvgIpc) is 3.37. The van der Waals surface area contributed by atoms with Gasteiger partial charge in [-0.3, -0.25) is 4.79 Å². The van der Waals surface area contributed by atoms with Crippen LogP contribution in [0.25, 0.3) is 22.1 Å². The Bertz CT molecular complexity index is 1270. The smallest absolute Gasteiger partial charge is 0.211 e. The molecule has 0 saturated carbocycles. The van der Waals surface area contributed by atoms with Gasteiger partial charge in [-0.2, -0.15) is 10.5 Å². The van der Waals surface area contributed by atoms with Gasteiger partial charge in [-0.15, -0.1) is 0 Å². The number of nitrogens with one attached hydrogen (secondary N) is 3. The number of nitrogen functional groups attached to an aromatic ring is 1. The second-order valence-corrected chi connectivity index (χ2v) is 5.97. The second-order valence-electron chi connectivity index (χ2n) is 5.97. The fourth-order valence-corrected chi connectivity index (χ4v) is 2.88. The predicted molar refractivity (Wildman–Crippen MR) is 105 cm³/mol. The van der Waals surface area contributed by atoms with E-state index in [1.165, 1.54) is 6.33 Å². The minimum atomic E-state index is 0.470. The molecule has 0 atom stereocenters. The third kappa shape index (κ3) is 3.08. The number of aromatic amines is 2. The molecule has 1 amide bonds. The standard InChI is InChI=1S/C10H8N4O.C9H8N4/c1-6-8(14-5-15)2-7(3-11)10-9(6)12-4-13-10;1-5-7(11)2-6(3-10)9-8(5)12-4-13-9/h2,4-5H,1H3,(H,12,13)(H,14,15);2,4H,11H2,1H3,(H,12,13). The minimum absolute atomic E-state index is 0.470. The Hall–Kier alpha value is -4.37. The van der Waals surface area contributed by atoms with Crippen molar-refractivity contribution >= 4 is 39.9 Å². The number of nitrogens with two attached hydrogens (primary N) is 1. The van der Waals surface area contributed by atoms with Crippen molar-refractivity contribution in [2.24, 2.45) is 0 Å². The normalized spacial score (nSPS) is 10.0. The van der Waals surface area contributed by atoms with Crippen molar-refractivity contribution in [1.29, 1.82) is 10.5 Å². The molecule has 9 heteroatoms. The van der Waals surface area contributed by atoms with Crippen LogP contribution in [0.4, 0.5) is 11.4 Å². The molecule has 0 aliphatic heterocycles. The molecular formula is C19H16N8O. The van der Waals surface area contributed by atoms with Crippen LogP contribution in [0.3, 0.4) is 0 Å². The van der Waals surface area contributed by atoms with Gasteiger partial charge in [-0.1, -0.05) is 0 Å². The van der Waals surface area contributed by atoms with Crippen LogP contribution in [0, 0.1) is 36.5 Å². The van der Waals surface area contributed by atoms with E-state index >= 15 is 0 Å². The van der Waals surface area contributed by atoms with Gasteiger partial charge in [-0.05, 0) is 31.5 Å². The van der Waals surface area contributed by atoms with Crippen molar-refractivity contribution < 1.29 is 4.79 Å². The van der Waals surface area contributed by atoms with Gasteiger partial charge in [0, 0.05) is 16.9 Å². The number of nitriles is 2. The molecule has 2 aromatic carbocycles. The Morgan fingerprint density at radius 1 is 1.00 bits per heavy atom. The van der Waals surface area contributed by atoms with Crippen molar-refractivity contribution in [2.75, 3.05) is 11.1 Å². The highest BCUT2D eigenvalue weighted by Gasteiger charge is 2.10. The lowest BCUT2D eigenvalue weighted by Crippen LogP contribution is -1.98. The highest BCUT2D eigenvalue weighted by molar-refractivity contribution is 5.91. The molecule has 2 aromatic heterocycles. The molecule has 4 aromatic rings. The SMILES string of the molecule is Cc1c(N)cc(C#N)c2[nH]cnc12.Cc1c(NC=O)cc(C#N)c2[nH]cnc12. The molecule has 0 bridgehead atoms. The summed E-state index contributed by atoms with van der Waals surface area (Å²) in [6.45, 7) is 3.73. The highest BCUT2D eigenvalue weighted by Crippen LogP contribution is 2.26. The first-order valence-corrected chi connectivity index (χ1v) is 8.21. The number of aromatic nitrogens is 4. The molecule has 0 unspecified atom stereocenters. The number of hydrogen-bond acceptors (Lipinski definition) is 6. The van der Waals surface area contributed by atoms with Gasteiger partial charge in [-0.25, -0.2) is 9.97 Å². The van der Waals surface area contributed by atoms with Gasteiger partial charge in [0.15, 0.2) is 0 Å². The highest BCUT2D eigenvalue weighted by atomic mass is 16.1. The van der Waals surface area contributed by atoms with Crippen molar-refractivity contribution in [3.63, 3.8) is 0 Å². The van der Waals surface area contributed by atoms with Crippen LogP contribution in [-0.4, -0.2) is 26.3 Å². The van der Waals surface area contributed by atoms with E-state index in [0.717, 1.165) is 22.2 Å². The number of H-pyrrole nitrogens is 2. The Morgan fingerprint density at radius 3 is 2.07 bits per heavy atom. The van der Waals surface area contributed by atoms with E-state index in [4.69, 9.17) is 16.3 Å². The Morgan fingerprint density at radius 2 is 1.54 bits per heavy atom. The summed E-state index contributed by atoms with van der Waals surface area (Å²) in [5.41, 5.74) is 12.6. The van der Waals surface area contributed by atoms with E-state index in [1.807, 2.05) is 13.8 Å². The van der Waals surface area contributed by atoms with E-state index in [1.54, 1.807) is 18.5 Å². The summed E-state index contributed by atoms with van der Waals surface area (Å²) in [7, 11) is 0. The first-order valence-electron chi connectivity index (χ1n) is 8.21. The van der Waals surface area contributed by atoms with Gasteiger partial charge in [0.2, 0.25) is 6.41 Å². The van der Waals surface area contributed by atoms with Crippen molar-refractivity contribution in [2.45, 2.75) is 13.8 Å². The molecule has 4 rings (SSSR count). The van der Waals surface area contributed by atoms with Crippen LogP contribution in [-0.2, 0) is 4.79 Å². The number of benzene rings is 2. The van der Waals surface area contributed by atoms with Crippen LogP contribution in [0.1, 0.15) is 22.3 Å². The van der Waals surface area contributed by atoms with Crippen molar-refractivity contribution in [1.82, 2.24) is 19.9 Å². The first kappa shape index (κ1) is 18.4. The van der Waals surface area contributed by atoms with Crippen LogP contribution < -0.4 is 11.1 Å². The molecule has 0 fully saturated rings. The first-order chi connectivity index (χ1) is 13.5. The summed E-state index contributed by atoms with van der Waals surface area (Å²) in [6, 6.07) is 7.42. The summed E-state index contributed by atoms with van der Waals surface area (Å²) >= 11 is 0. The summed E-state index contributed by atoms with van der Waals surface area (Å²) in [4.78, 5) is 24.4. The Balaban J connectivity index is 0.000000162. The maximum Gasteiger partial charge on any atom is 0.211 e. The Kier molecular flexibility index (Phi) is 4.92. The fourth-order valence-electron chi connectivity index (χ4n) is 2.88. The molecule has 2 heterocycles. The third-order valence-electron chi connectivity index (χ3n) is 4.41. The van der Waals surface area contributed by atoms with Gasteiger partial charge < -0.3 is 21.0 Å². The van der Waals surface area contributed by atoms with Crippen LogP contribution >= 0.6 is 0 Å². The number of rotatable bonds is 2. The van der Waals surface area contributed by atoms with E-state index in [0.29, 0.717) is 39.9 Å². The zero-order valence-electron chi connectivity index (χ0n) is 15.2. The second kappa shape index (κ2) is 7.48. The molecule has 0 aliphatic carbocycles. The van der Waals surface area contributed by atoms with E-state index in [-0.39, 0.29) is 0 Å². The molecular weight excluding hydrogens is 356 g/mol. The number of nitrogens with zero attached hydrogens (tertiary/aromatic N) is 4. The number of amides is 1. The number of carbonyl (C=O) groups is 1. The fraction of sp³-hybridized carbons (Fsp3) is 0.105. The lowest BCUT2D eigenvalue weighted by Gasteiger charge is -2.05. The summed E-state index contributed by atoms with van der Waals surface area (Å²) < 4.78 is 0. The molecule has 0 radical (unpaired) electrons. The van der Waals surface area contributed by atoms with Crippen LogP contribution in [0.2, 0.25) is 0 Å². The summed E-state index contributed by atoms with van der Waals surface area (Å²) in [5.74, 6) is 0. The number of carbonyl (C=O) groups excluding carboxylic acids is 1. The average molecular weight is 372 g/mol. The lowest BCUT2D eigenvalue weighted by atomic mass is 10.1. The number of anilines is 2. The minimum Gasteiger partial charge on any atom is -0.398 e. The van der Waals surface area contributed by atoms with Crippen molar-refractivity contribution in [3.05, 3.63) is 47.0 Å². The number of hydrogen-bond donors (Lipinski definition) is 4. The van der Waals surface area contributed by atoms with Crippen LogP contribution in [0.5, 0.6) is 0 Å². The van der Waals surface area contributed by atoms with Crippen molar-refractivity contribution in [3.8, 4) is 12.1 Å².